The van der Waals surface area contributed by atoms with Gasteiger partial charge in [-0.3, -0.25) is 4.79 Å². The van der Waals surface area contributed by atoms with E-state index in [0.717, 1.165) is 76.0 Å². The molecule has 0 saturated carbocycles. The number of rotatable bonds is 4. The molecule has 0 bridgehead atoms. The van der Waals surface area contributed by atoms with Crippen LogP contribution < -0.4 is 4.90 Å². The third-order valence-electron chi connectivity index (χ3n) is 5.53. The first-order valence-corrected chi connectivity index (χ1v) is 9.62. The predicted molar refractivity (Wildman–Crippen MR) is 99.8 cm³/mol. The van der Waals surface area contributed by atoms with Gasteiger partial charge in [-0.05, 0) is 39.2 Å². The minimum absolute atomic E-state index is 0.350. The lowest BCUT2D eigenvalue weighted by Crippen LogP contribution is -2.49. The molecular weight excluding hydrogens is 314 g/mol. The number of amides is 1. The number of anilines is 1. The molecule has 3 rings (SSSR count). The summed E-state index contributed by atoms with van der Waals surface area (Å²) in [6, 6.07) is 2.06. The minimum Gasteiger partial charge on any atom is -0.356 e. The van der Waals surface area contributed by atoms with Crippen LogP contribution in [0.2, 0.25) is 0 Å². The van der Waals surface area contributed by atoms with Crippen molar-refractivity contribution in [2.24, 2.45) is 5.92 Å². The number of aromatic nitrogens is 2. The Morgan fingerprint density at radius 2 is 1.76 bits per heavy atom. The van der Waals surface area contributed by atoms with Crippen molar-refractivity contribution in [1.29, 1.82) is 0 Å². The maximum atomic E-state index is 12.6. The molecule has 1 aromatic heterocycles. The topological polar surface area (TPSA) is 52.6 Å². The highest BCUT2D eigenvalue weighted by Crippen LogP contribution is 2.25. The molecule has 2 aliphatic rings. The SMILES string of the molecule is CCN1CCN(C(=O)CC2CCN(c3cc(C)nc(C)n3)CC2)CC1. The predicted octanol–water partition coefficient (Wildman–Crippen LogP) is 1.86. The fraction of sp³-hybridized carbons (Fsp3) is 0.737. The summed E-state index contributed by atoms with van der Waals surface area (Å²) >= 11 is 0. The first-order chi connectivity index (χ1) is 12.0. The Labute approximate surface area is 151 Å². The second-order valence-electron chi connectivity index (χ2n) is 7.36. The highest BCUT2D eigenvalue weighted by Gasteiger charge is 2.26. The minimum atomic E-state index is 0.350. The zero-order valence-electron chi connectivity index (χ0n) is 15.9. The van der Waals surface area contributed by atoms with Crippen molar-refractivity contribution in [2.45, 2.75) is 40.0 Å². The lowest BCUT2D eigenvalue weighted by molar-refractivity contribution is -0.134. The van der Waals surface area contributed by atoms with Gasteiger partial charge in [-0.15, -0.1) is 0 Å². The Balaban J connectivity index is 1.47. The zero-order valence-corrected chi connectivity index (χ0v) is 15.9. The monoisotopic (exact) mass is 345 g/mol. The van der Waals surface area contributed by atoms with E-state index in [9.17, 15) is 4.79 Å². The molecule has 0 aliphatic carbocycles. The number of nitrogens with zero attached hydrogens (tertiary/aromatic N) is 5. The largest absolute Gasteiger partial charge is 0.356 e. The van der Waals surface area contributed by atoms with Gasteiger partial charge in [0.2, 0.25) is 5.91 Å². The molecule has 0 atom stereocenters. The number of hydrogen-bond donors (Lipinski definition) is 0. The molecule has 6 heteroatoms. The highest BCUT2D eigenvalue weighted by molar-refractivity contribution is 5.76. The van der Waals surface area contributed by atoms with Crippen molar-refractivity contribution >= 4 is 11.7 Å². The fourth-order valence-corrected chi connectivity index (χ4v) is 3.92. The summed E-state index contributed by atoms with van der Waals surface area (Å²) in [7, 11) is 0. The quantitative estimate of drug-likeness (QED) is 0.834. The van der Waals surface area contributed by atoms with E-state index in [4.69, 9.17) is 0 Å². The maximum absolute atomic E-state index is 12.6. The van der Waals surface area contributed by atoms with Gasteiger partial charge in [0.05, 0.1) is 0 Å². The molecular formula is C19H31N5O. The van der Waals surface area contributed by atoms with E-state index < -0.39 is 0 Å². The van der Waals surface area contributed by atoms with Crippen molar-refractivity contribution in [3.05, 3.63) is 17.6 Å². The molecule has 2 aliphatic heterocycles. The molecule has 0 unspecified atom stereocenters. The van der Waals surface area contributed by atoms with Crippen LogP contribution in [0.5, 0.6) is 0 Å². The third-order valence-corrected chi connectivity index (χ3v) is 5.53. The van der Waals surface area contributed by atoms with Crippen LogP contribution in [-0.4, -0.2) is 71.5 Å². The third kappa shape index (κ3) is 4.69. The number of piperidine rings is 1. The Morgan fingerprint density at radius 3 is 2.36 bits per heavy atom. The number of piperazine rings is 1. The Bertz CT molecular complexity index is 569. The molecule has 0 spiro atoms. The first-order valence-electron chi connectivity index (χ1n) is 9.62. The number of likely N-dealkylation sites (N-methyl/N-ethyl adjacent to an activating group) is 1. The smallest absolute Gasteiger partial charge is 0.222 e. The maximum Gasteiger partial charge on any atom is 0.222 e. The number of carbonyl (C=O) groups excluding carboxylic acids is 1. The van der Waals surface area contributed by atoms with Crippen LogP contribution in [0.25, 0.3) is 0 Å². The van der Waals surface area contributed by atoms with Crippen molar-refractivity contribution in [3.63, 3.8) is 0 Å². The molecule has 0 aromatic carbocycles. The van der Waals surface area contributed by atoms with Gasteiger partial charge in [-0.2, -0.15) is 0 Å². The summed E-state index contributed by atoms with van der Waals surface area (Å²) in [6.07, 6.45) is 2.85. The van der Waals surface area contributed by atoms with Crippen LogP contribution in [0.15, 0.2) is 6.07 Å². The van der Waals surface area contributed by atoms with Crippen LogP contribution in [0.4, 0.5) is 5.82 Å². The molecule has 6 nitrogen and oxygen atoms in total. The lowest BCUT2D eigenvalue weighted by atomic mass is 9.93. The summed E-state index contributed by atoms with van der Waals surface area (Å²) in [5.74, 6) is 2.73. The van der Waals surface area contributed by atoms with E-state index >= 15 is 0 Å². The normalized spacial score (nSPS) is 20.1. The van der Waals surface area contributed by atoms with Gasteiger partial charge >= 0.3 is 0 Å². The second-order valence-corrected chi connectivity index (χ2v) is 7.36. The van der Waals surface area contributed by atoms with E-state index in [2.05, 4.69) is 37.7 Å². The summed E-state index contributed by atoms with van der Waals surface area (Å²) in [5.41, 5.74) is 1.02. The van der Waals surface area contributed by atoms with Gasteiger partial charge in [0.25, 0.3) is 0 Å². The Hall–Kier alpha value is -1.69. The summed E-state index contributed by atoms with van der Waals surface area (Å²) in [4.78, 5) is 28.3. The molecule has 0 radical (unpaired) electrons. The number of aryl methyl sites for hydroxylation is 2. The summed E-state index contributed by atoms with van der Waals surface area (Å²) in [6.45, 7) is 13.0. The van der Waals surface area contributed by atoms with Gasteiger partial charge in [0, 0.05) is 57.4 Å². The molecule has 1 aromatic rings. The Kier molecular flexibility index (Phi) is 5.89. The average molecular weight is 345 g/mol. The second kappa shape index (κ2) is 8.13. The van der Waals surface area contributed by atoms with Crippen molar-refractivity contribution < 1.29 is 4.79 Å². The van der Waals surface area contributed by atoms with E-state index in [-0.39, 0.29) is 0 Å². The fourth-order valence-electron chi connectivity index (χ4n) is 3.92. The van der Waals surface area contributed by atoms with Crippen molar-refractivity contribution in [3.8, 4) is 0 Å². The molecule has 3 heterocycles. The molecule has 0 N–H and O–H groups in total. The zero-order chi connectivity index (χ0) is 17.8. The number of carbonyl (C=O) groups is 1. The van der Waals surface area contributed by atoms with Crippen LogP contribution in [0, 0.1) is 19.8 Å². The molecule has 2 fully saturated rings. The van der Waals surface area contributed by atoms with E-state index in [1.165, 1.54) is 0 Å². The van der Waals surface area contributed by atoms with Gasteiger partial charge in [0.15, 0.2) is 0 Å². The van der Waals surface area contributed by atoms with Gasteiger partial charge < -0.3 is 14.7 Å². The highest BCUT2D eigenvalue weighted by atomic mass is 16.2. The Morgan fingerprint density at radius 1 is 1.08 bits per heavy atom. The molecule has 2 saturated heterocycles. The van der Waals surface area contributed by atoms with Gasteiger partial charge in [0.1, 0.15) is 11.6 Å². The molecule has 1 amide bonds. The van der Waals surface area contributed by atoms with Crippen LogP contribution in [-0.2, 0) is 4.79 Å². The van der Waals surface area contributed by atoms with Crippen LogP contribution in [0.1, 0.15) is 37.7 Å². The van der Waals surface area contributed by atoms with E-state index in [1.807, 2.05) is 13.8 Å². The van der Waals surface area contributed by atoms with Crippen LogP contribution >= 0.6 is 0 Å². The summed E-state index contributed by atoms with van der Waals surface area (Å²) in [5, 5.41) is 0. The lowest BCUT2D eigenvalue weighted by Gasteiger charge is -2.36. The van der Waals surface area contributed by atoms with Gasteiger partial charge in [-0.1, -0.05) is 6.92 Å². The van der Waals surface area contributed by atoms with Crippen molar-refractivity contribution in [1.82, 2.24) is 19.8 Å². The average Bonchev–Trinajstić information content (AvgIpc) is 2.61. The molecule has 138 valence electrons. The first kappa shape index (κ1) is 18.1. The standard InChI is InChI=1S/C19H31N5O/c1-4-22-9-11-24(12-10-22)19(25)14-17-5-7-23(8-6-17)18-13-15(2)20-16(3)21-18/h13,17H,4-12,14H2,1-3H3. The molecule has 25 heavy (non-hydrogen) atoms. The van der Waals surface area contributed by atoms with Gasteiger partial charge in [-0.25, -0.2) is 9.97 Å². The van der Waals surface area contributed by atoms with E-state index in [0.29, 0.717) is 18.2 Å². The number of hydrogen-bond acceptors (Lipinski definition) is 5. The van der Waals surface area contributed by atoms with E-state index in [1.54, 1.807) is 0 Å². The summed E-state index contributed by atoms with van der Waals surface area (Å²) < 4.78 is 0. The van der Waals surface area contributed by atoms with Crippen LogP contribution in [0.3, 0.4) is 0 Å². The van der Waals surface area contributed by atoms with Crippen molar-refractivity contribution in [2.75, 3.05) is 50.7 Å².